The van der Waals surface area contributed by atoms with Gasteiger partial charge in [-0.15, -0.1) is 0 Å². The van der Waals surface area contributed by atoms with E-state index in [2.05, 4.69) is 5.10 Å². The van der Waals surface area contributed by atoms with E-state index in [9.17, 15) is 9.59 Å². The lowest BCUT2D eigenvalue weighted by atomic mass is 10.1. The minimum absolute atomic E-state index is 0.0567. The van der Waals surface area contributed by atoms with E-state index in [1.54, 1.807) is 49.1 Å². The van der Waals surface area contributed by atoms with Gasteiger partial charge in [0.05, 0.1) is 24.3 Å². The van der Waals surface area contributed by atoms with E-state index in [4.69, 9.17) is 9.84 Å². The number of ketones is 1. The third kappa shape index (κ3) is 4.81. The maximum atomic E-state index is 12.1. The second-order valence-corrected chi connectivity index (χ2v) is 5.06. The lowest BCUT2D eigenvalue weighted by Crippen LogP contribution is -2.04. The van der Waals surface area contributed by atoms with Gasteiger partial charge in [0, 0.05) is 13.2 Å². The van der Waals surface area contributed by atoms with Crippen molar-refractivity contribution < 1.29 is 19.4 Å². The van der Waals surface area contributed by atoms with E-state index < -0.39 is 5.97 Å². The van der Waals surface area contributed by atoms with Crippen molar-refractivity contribution in [2.75, 3.05) is 6.61 Å². The minimum atomic E-state index is -0.904. The number of benzene rings is 1. The first-order valence-corrected chi connectivity index (χ1v) is 7.13. The molecule has 2 aromatic rings. The summed E-state index contributed by atoms with van der Waals surface area (Å²) in [5, 5.41) is 12.7. The molecule has 0 bridgehead atoms. The molecule has 0 saturated heterocycles. The first-order chi connectivity index (χ1) is 11.0. The number of hydrogen-bond donors (Lipinski definition) is 1. The highest BCUT2D eigenvalue weighted by Gasteiger charge is 2.09. The van der Waals surface area contributed by atoms with Crippen molar-refractivity contribution in [3.8, 4) is 5.75 Å². The molecular formula is C17H18N2O4. The van der Waals surface area contributed by atoms with E-state index in [0.29, 0.717) is 17.0 Å². The maximum Gasteiger partial charge on any atom is 0.306 e. The van der Waals surface area contributed by atoms with E-state index in [0.717, 1.165) is 5.56 Å². The molecule has 0 amide bonds. The summed E-state index contributed by atoms with van der Waals surface area (Å²) in [5.41, 5.74) is 2.05. The minimum Gasteiger partial charge on any atom is -0.493 e. The van der Waals surface area contributed by atoms with Crippen molar-refractivity contribution in [2.24, 2.45) is 7.05 Å². The Morgan fingerprint density at radius 2 is 2.17 bits per heavy atom. The Bertz CT molecular complexity index is 747. The fourth-order valence-electron chi connectivity index (χ4n) is 2.07. The zero-order valence-corrected chi connectivity index (χ0v) is 13.0. The maximum absolute atomic E-state index is 12.1. The number of ether oxygens (including phenoxy) is 1. The van der Waals surface area contributed by atoms with Crippen LogP contribution in [0.5, 0.6) is 5.75 Å². The van der Waals surface area contributed by atoms with Crippen LogP contribution in [0.2, 0.25) is 0 Å². The van der Waals surface area contributed by atoms with E-state index in [1.165, 1.54) is 6.08 Å². The average molecular weight is 314 g/mol. The van der Waals surface area contributed by atoms with Crippen LogP contribution in [0.15, 0.2) is 36.5 Å². The van der Waals surface area contributed by atoms with Crippen molar-refractivity contribution in [1.29, 1.82) is 0 Å². The van der Waals surface area contributed by atoms with Crippen molar-refractivity contribution in [3.63, 3.8) is 0 Å². The molecule has 1 aromatic carbocycles. The number of carbonyl (C=O) groups excluding carboxylic acids is 1. The van der Waals surface area contributed by atoms with E-state index >= 15 is 0 Å². The Labute approximate surface area is 134 Å². The Morgan fingerprint density at radius 3 is 2.83 bits per heavy atom. The van der Waals surface area contributed by atoms with Gasteiger partial charge in [-0.2, -0.15) is 5.10 Å². The molecule has 2 rings (SSSR count). The van der Waals surface area contributed by atoms with Gasteiger partial charge in [0.2, 0.25) is 0 Å². The van der Waals surface area contributed by atoms with Crippen LogP contribution in [0.25, 0.3) is 6.08 Å². The summed E-state index contributed by atoms with van der Waals surface area (Å²) in [5.74, 6) is -0.454. The van der Waals surface area contributed by atoms with Crippen molar-refractivity contribution in [3.05, 3.63) is 53.4 Å². The number of carboxylic acid groups (broad SMARTS) is 1. The van der Waals surface area contributed by atoms with E-state index in [-0.39, 0.29) is 18.8 Å². The lowest BCUT2D eigenvalue weighted by Gasteiger charge is -2.04. The molecule has 0 fully saturated rings. The summed E-state index contributed by atoms with van der Waals surface area (Å²) in [6, 6.07) is 7.12. The van der Waals surface area contributed by atoms with Crippen molar-refractivity contribution >= 4 is 17.8 Å². The highest BCUT2D eigenvalue weighted by Crippen LogP contribution is 2.15. The Morgan fingerprint density at radius 1 is 1.39 bits per heavy atom. The standard InChI is InChI=1S/C17H18N2O4/c1-12-15(11-19(2)18-12)16(20)7-6-13-4-3-5-14(10-13)23-9-8-17(21)22/h3-7,10-11H,8-9H2,1-2H3,(H,21,22)/b7-6+. The molecule has 0 aliphatic heterocycles. The fraction of sp³-hybridized carbons (Fsp3) is 0.235. The van der Waals surface area contributed by atoms with Crippen molar-refractivity contribution in [1.82, 2.24) is 9.78 Å². The number of nitrogens with zero attached hydrogens (tertiary/aromatic N) is 2. The largest absolute Gasteiger partial charge is 0.493 e. The van der Waals surface area contributed by atoms with Gasteiger partial charge in [0.1, 0.15) is 5.75 Å². The monoisotopic (exact) mass is 314 g/mol. The van der Waals surface area contributed by atoms with Crippen LogP contribution in [0, 0.1) is 6.92 Å². The van der Waals surface area contributed by atoms with Gasteiger partial charge in [-0.1, -0.05) is 18.2 Å². The summed E-state index contributed by atoms with van der Waals surface area (Å²) in [4.78, 5) is 22.6. The molecule has 0 radical (unpaired) electrons. The number of allylic oxidation sites excluding steroid dienone is 1. The summed E-state index contributed by atoms with van der Waals surface area (Å²) in [6.07, 6.45) is 4.81. The zero-order valence-electron chi connectivity index (χ0n) is 13.0. The SMILES string of the molecule is Cc1nn(C)cc1C(=O)/C=C/c1cccc(OCCC(=O)O)c1. The molecule has 1 aromatic heterocycles. The molecule has 0 saturated carbocycles. The molecule has 1 N–H and O–H groups in total. The number of carbonyl (C=O) groups is 2. The number of aliphatic carboxylic acids is 1. The third-order valence-corrected chi connectivity index (χ3v) is 3.15. The van der Waals surface area contributed by atoms with Gasteiger partial charge >= 0.3 is 5.97 Å². The highest BCUT2D eigenvalue weighted by atomic mass is 16.5. The van der Waals surface area contributed by atoms with Crippen LogP contribution in [0.4, 0.5) is 0 Å². The first-order valence-electron chi connectivity index (χ1n) is 7.13. The zero-order chi connectivity index (χ0) is 16.8. The quantitative estimate of drug-likeness (QED) is 0.627. The highest BCUT2D eigenvalue weighted by molar-refractivity contribution is 6.07. The number of rotatable bonds is 7. The Balaban J connectivity index is 2.03. The third-order valence-electron chi connectivity index (χ3n) is 3.15. The second-order valence-electron chi connectivity index (χ2n) is 5.06. The van der Waals surface area contributed by atoms with Crippen LogP contribution < -0.4 is 4.74 Å². The molecule has 0 aliphatic carbocycles. The Kier molecular flexibility index (Phi) is 5.30. The first kappa shape index (κ1) is 16.5. The molecule has 6 nitrogen and oxygen atoms in total. The van der Waals surface area contributed by atoms with Gasteiger partial charge < -0.3 is 9.84 Å². The molecule has 120 valence electrons. The molecule has 0 unspecified atom stereocenters. The summed E-state index contributed by atoms with van der Waals surface area (Å²) < 4.78 is 6.96. The molecule has 23 heavy (non-hydrogen) atoms. The summed E-state index contributed by atoms with van der Waals surface area (Å²) >= 11 is 0. The molecule has 0 aliphatic rings. The molecule has 0 atom stereocenters. The van der Waals surface area contributed by atoms with Gasteiger partial charge in [0.25, 0.3) is 0 Å². The van der Waals surface area contributed by atoms with Crippen LogP contribution in [0.3, 0.4) is 0 Å². The van der Waals surface area contributed by atoms with Gasteiger partial charge in [-0.05, 0) is 30.7 Å². The van der Waals surface area contributed by atoms with Gasteiger partial charge in [0.15, 0.2) is 5.78 Å². The molecule has 0 spiro atoms. The predicted molar refractivity (Wildman–Crippen MR) is 85.5 cm³/mol. The average Bonchev–Trinajstić information content (AvgIpc) is 2.84. The number of aromatic nitrogens is 2. The molecular weight excluding hydrogens is 296 g/mol. The second kappa shape index (κ2) is 7.40. The molecule has 1 heterocycles. The predicted octanol–water partition coefficient (Wildman–Crippen LogP) is 2.48. The number of aryl methyl sites for hydroxylation is 2. The Hall–Kier alpha value is -2.89. The molecule has 6 heteroatoms. The fourth-order valence-corrected chi connectivity index (χ4v) is 2.07. The van der Waals surface area contributed by atoms with Crippen molar-refractivity contribution in [2.45, 2.75) is 13.3 Å². The lowest BCUT2D eigenvalue weighted by molar-refractivity contribution is -0.137. The topological polar surface area (TPSA) is 81.4 Å². The van der Waals surface area contributed by atoms with Gasteiger partial charge in [-0.3, -0.25) is 14.3 Å². The smallest absolute Gasteiger partial charge is 0.306 e. The van der Waals surface area contributed by atoms with Gasteiger partial charge in [-0.25, -0.2) is 0 Å². The normalized spacial score (nSPS) is 10.9. The van der Waals surface area contributed by atoms with Crippen LogP contribution in [-0.2, 0) is 11.8 Å². The number of carboxylic acids is 1. The van der Waals surface area contributed by atoms with E-state index in [1.807, 2.05) is 6.07 Å². The van der Waals surface area contributed by atoms with Crippen LogP contribution in [-0.4, -0.2) is 33.2 Å². The summed E-state index contributed by atoms with van der Waals surface area (Å²) in [7, 11) is 1.77. The summed E-state index contributed by atoms with van der Waals surface area (Å²) in [6.45, 7) is 1.90. The van der Waals surface area contributed by atoms with Crippen LogP contribution >= 0.6 is 0 Å². The van der Waals surface area contributed by atoms with Crippen LogP contribution in [0.1, 0.15) is 28.0 Å². The number of hydrogen-bond acceptors (Lipinski definition) is 4.